The smallest absolute Gasteiger partial charge is 0.0407 e. The van der Waals surface area contributed by atoms with Gasteiger partial charge in [0, 0.05) is 17.3 Å². The maximum Gasteiger partial charge on any atom is 0.0407 e. The third-order valence-electron chi connectivity index (χ3n) is 1.10. The quantitative estimate of drug-likeness (QED) is 0.637. The zero-order valence-electron chi connectivity index (χ0n) is 6.23. The highest BCUT2D eigenvalue weighted by atomic mass is 32.2. The molecule has 0 saturated carbocycles. The van der Waals surface area contributed by atoms with Crippen LogP contribution in [0.2, 0.25) is 0 Å². The molecule has 0 spiro atoms. The lowest BCUT2D eigenvalue weighted by molar-refractivity contribution is 1.24. The van der Waals surface area contributed by atoms with Gasteiger partial charge < -0.3 is 0 Å². The summed E-state index contributed by atoms with van der Waals surface area (Å²) < 4.78 is 0. The van der Waals surface area contributed by atoms with Crippen LogP contribution in [0.5, 0.6) is 0 Å². The highest BCUT2D eigenvalue weighted by Crippen LogP contribution is 2.16. The number of allylic oxidation sites excluding steroid dienone is 1. The average molecular weight is 164 g/mol. The van der Waals surface area contributed by atoms with Crippen molar-refractivity contribution >= 4 is 11.8 Å². The third-order valence-corrected chi connectivity index (χ3v) is 1.94. The van der Waals surface area contributed by atoms with Crippen LogP contribution < -0.4 is 0 Å². The number of nitrogens with zero attached hydrogens (tertiary/aromatic N) is 1. The zero-order valence-corrected chi connectivity index (χ0v) is 7.05. The maximum atomic E-state index is 3.99. The fraction of sp³-hybridized carbons (Fsp3) is 0.111. The third kappa shape index (κ3) is 3.23. The Hall–Kier alpha value is -0.760. The lowest BCUT2D eigenvalue weighted by Gasteiger charge is -1.91. The molecule has 0 bridgehead atoms. The van der Waals surface area contributed by atoms with Gasteiger partial charge in [0.05, 0.1) is 0 Å². The second-order valence-corrected chi connectivity index (χ2v) is 2.95. The summed E-state index contributed by atoms with van der Waals surface area (Å²) in [4.78, 5) is 5.16. The van der Waals surface area contributed by atoms with Crippen molar-refractivity contribution in [2.24, 2.45) is 0 Å². The van der Waals surface area contributed by atoms with Crippen molar-refractivity contribution in [3.05, 3.63) is 42.9 Å². The molecule has 1 radical (unpaired) electrons. The number of aromatic nitrogens is 1. The van der Waals surface area contributed by atoms with Crippen molar-refractivity contribution in [1.29, 1.82) is 0 Å². The second-order valence-electron chi connectivity index (χ2n) is 1.97. The summed E-state index contributed by atoms with van der Waals surface area (Å²) in [6.07, 6.45) is 6.48. The van der Waals surface area contributed by atoms with Crippen molar-refractivity contribution < 1.29 is 0 Å². The highest BCUT2D eigenvalue weighted by Gasteiger charge is 1.85. The van der Waals surface area contributed by atoms with Gasteiger partial charge in [-0.25, -0.2) is 0 Å². The Balaban J connectivity index is 2.45. The average Bonchev–Trinajstić information content (AvgIpc) is 2.07. The van der Waals surface area contributed by atoms with Gasteiger partial charge in [-0.05, 0) is 30.9 Å². The van der Waals surface area contributed by atoms with Crippen molar-refractivity contribution in [2.75, 3.05) is 0 Å². The van der Waals surface area contributed by atoms with Crippen molar-refractivity contribution in [2.45, 2.75) is 11.3 Å². The fourth-order valence-electron chi connectivity index (χ4n) is 0.612. The van der Waals surface area contributed by atoms with Crippen LogP contribution in [-0.2, 0) is 0 Å². The van der Waals surface area contributed by atoms with E-state index >= 15 is 0 Å². The van der Waals surface area contributed by atoms with E-state index in [-0.39, 0.29) is 0 Å². The van der Waals surface area contributed by atoms with Gasteiger partial charge in [0.2, 0.25) is 0 Å². The fourth-order valence-corrected chi connectivity index (χ4v) is 1.28. The molecule has 1 heterocycles. The monoisotopic (exact) mass is 164 g/mol. The van der Waals surface area contributed by atoms with Crippen LogP contribution in [0.4, 0.5) is 0 Å². The van der Waals surface area contributed by atoms with Gasteiger partial charge in [0.15, 0.2) is 0 Å². The Kier molecular flexibility index (Phi) is 3.76. The molecular formula is C9H10NS. The number of rotatable bonds is 3. The summed E-state index contributed by atoms with van der Waals surface area (Å²) in [5, 5.41) is 2.03. The molecule has 0 saturated heterocycles. The van der Waals surface area contributed by atoms with Crippen LogP contribution in [0.3, 0.4) is 0 Å². The zero-order chi connectivity index (χ0) is 7.94. The molecule has 0 aliphatic carbocycles. The van der Waals surface area contributed by atoms with E-state index in [0.717, 1.165) is 11.3 Å². The van der Waals surface area contributed by atoms with E-state index in [1.165, 1.54) is 0 Å². The second kappa shape index (κ2) is 4.97. The molecule has 0 N–H and O–H groups in total. The van der Waals surface area contributed by atoms with Crippen molar-refractivity contribution in [3.8, 4) is 0 Å². The van der Waals surface area contributed by atoms with Crippen LogP contribution in [0, 0.1) is 6.92 Å². The summed E-state index contributed by atoms with van der Waals surface area (Å²) in [6.45, 7) is 3.70. The standard InChI is InChI=1S/C9H10NS/c1-2-3-7-11-9-5-4-6-10-8-9/h3-8H,1-2H2. The minimum absolute atomic E-state index is 0.841. The maximum absolute atomic E-state index is 3.99. The number of pyridine rings is 1. The van der Waals surface area contributed by atoms with E-state index in [0.29, 0.717) is 0 Å². The summed E-state index contributed by atoms with van der Waals surface area (Å²) in [7, 11) is 0. The lowest BCUT2D eigenvalue weighted by Crippen LogP contribution is -1.69. The lowest BCUT2D eigenvalue weighted by atomic mass is 10.5. The van der Waals surface area contributed by atoms with Gasteiger partial charge in [-0.15, -0.1) is 0 Å². The molecule has 0 aliphatic heterocycles. The molecular weight excluding hydrogens is 154 g/mol. The Bertz CT molecular complexity index is 218. The Labute approximate surface area is 71.5 Å². The Morgan fingerprint density at radius 2 is 2.55 bits per heavy atom. The Morgan fingerprint density at radius 3 is 3.18 bits per heavy atom. The first kappa shape index (κ1) is 8.34. The first-order valence-electron chi connectivity index (χ1n) is 3.44. The van der Waals surface area contributed by atoms with Gasteiger partial charge in [-0.1, -0.05) is 17.8 Å². The molecule has 0 unspecified atom stereocenters. The summed E-state index contributed by atoms with van der Waals surface area (Å²) in [5.74, 6) is 0. The molecule has 0 fully saturated rings. The topological polar surface area (TPSA) is 12.9 Å². The highest BCUT2D eigenvalue weighted by molar-refractivity contribution is 8.02. The van der Waals surface area contributed by atoms with E-state index in [4.69, 9.17) is 0 Å². The molecule has 0 atom stereocenters. The minimum Gasteiger partial charge on any atom is -0.264 e. The van der Waals surface area contributed by atoms with E-state index in [2.05, 4.69) is 11.9 Å². The van der Waals surface area contributed by atoms with Crippen LogP contribution in [0.25, 0.3) is 0 Å². The van der Waals surface area contributed by atoms with Gasteiger partial charge >= 0.3 is 0 Å². The first-order chi connectivity index (χ1) is 5.43. The normalized spacial score (nSPS) is 10.6. The van der Waals surface area contributed by atoms with E-state index in [9.17, 15) is 0 Å². The minimum atomic E-state index is 0.841. The van der Waals surface area contributed by atoms with E-state index < -0.39 is 0 Å². The van der Waals surface area contributed by atoms with Crippen molar-refractivity contribution in [1.82, 2.24) is 4.98 Å². The summed E-state index contributed by atoms with van der Waals surface area (Å²) in [5.41, 5.74) is 0. The molecule has 1 aromatic heterocycles. The molecule has 11 heavy (non-hydrogen) atoms. The summed E-state index contributed by atoms with van der Waals surface area (Å²) in [6, 6.07) is 3.96. The Morgan fingerprint density at radius 1 is 1.64 bits per heavy atom. The number of hydrogen-bond acceptors (Lipinski definition) is 2. The SMILES string of the molecule is [CH2]CC=CSc1cccnc1. The van der Waals surface area contributed by atoms with Crippen molar-refractivity contribution in [3.63, 3.8) is 0 Å². The van der Waals surface area contributed by atoms with E-state index in [1.807, 2.05) is 29.8 Å². The van der Waals surface area contributed by atoms with Gasteiger partial charge in [-0.2, -0.15) is 0 Å². The van der Waals surface area contributed by atoms with Gasteiger partial charge in [-0.3, -0.25) is 4.98 Å². The molecule has 1 aromatic rings. The molecule has 2 heteroatoms. The van der Waals surface area contributed by atoms with E-state index in [1.54, 1.807) is 18.0 Å². The molecule has 0 amide bonds. The van der Waals surface area contributed by atoms with Gasteiger partial charge in [0.25, 0.3) is 0 Å². The van der Waals surface area contributed by atoms with Crippen LogP contribution >= 0.6 is 11.8 Å². The molecule has 0 aliphatic rings. The molecule has 57 valence electrons. The van der Waals surface area contributed by atoms with Gasteiger partial charge in [0.1, 0.15) is 0 Å². The van der Waals surface area contributed by atoms with Crippen LogP contribution in [0.1, 0.15) is 6.42 Å². The predicted octanol–water partition coefficient (Wildman–Crippen LogP) is 2.91. The largest absolute Gasteiger partial charge is 0.264 e. The molecule has 1 nitrogen and oxygen atoms in total. The first-order valence-corrected chi connectivity index (χ1v) is 4.32. The summed E-state index contributed by atoms with van der Waals surface area (Å²) >= 11 is 1.66. The molecule has 1 rings (SSSR count). The number of thioether (sulfide) groups is 1. The van der Waals surface area contributed by atoms with Crippen LogP contribution in [0.15, 0.2) is 40.9 Å². The number of hydrogen-bond donors (Lipinski definition) is 0. The predicted molar refractivity (Wildman–Crippen MR) is 49.2 cm³/mol. The van der Waals surface area contributed by atoms with Crippen LogP contribution in [-0.4, -0.2) is 4.98 Å². The molecule has 0 aromatic carbocycles.